The SMILES string of the molecule is Cn1c2nc([S+](C)[O-])sc2c2cnn(Cc3cccc4c3cnn4COCC[Si](C)(C)C)c(=O)c21. The molecular weight excluding hydrogens is 501 g/mol. The number of rotatable bonds is 8. The molecule has 184 valence electrons. The topological polar surface area (TPSA) is 103 Å². The van der Waals surface area contributed by atoms with Gasteiger partial charge in [0.25, 0.3) is 5.56 Å². The Kier molecular flexibility index (Phi) is 6.34. The van der Waals surface area contributed by atoms with Crippen molar-refractivity contribution in [2.45, 2.75) is 43.3 Å². The monoisotopic (exact) mass is 528 g/mol. The minimum absolute atomic E-state index is 0.187. The van der Waals surface area contributed by atoms with Crippen LogP contribution in [0, 0.1) is 0 Å². The molecule has 0 bridgehead atoms. The van der Waals surface area contributed by atoms with Crippen LogP contribution in [0.2, 0.25) is 25.7 Å². The van der Waals surface area contributed by atoms with E-state index in [2.05, 4.69) is 34.8 Å². The number of hydrogen-bond acceptors (Lipinski definition) is 7. The molecule has 0 N–H and O–H groups in total. The molecule has 4 heterocycles. The number of nitrogens with zero attached hydrogens (tertiary/aromatic N) is 6. The van der Waals surface area contributed by atoms with Crippen molar-refractivity contribution in [1.29, 1.82) is 0 Å². The van der Waals surface area contributed by atoms with Crippen molar-refractivity contribution in [3.8, 4) is 0 Å². The second-order valence-corrected chi connectivity index (χ2v) is 18.0. The van der Waals surface area contributed by atoms with E-state index in [1.807, 2.05) is 36.1 Å². The third-order valence-electron chi connectivity index (χ3n) is 6.06. The van der Waals surface area contributed by atoms with Crippen LogP contribution in [-0.2, 0) is 36.2 Å². The largest absolute Gasteiger partial charge is 0.610 e. The number of fused-ring (bicyclic) bond motifs is 4. The maximum absolute atomic E-state index is 13.4. The van der Waals surface area contributed by atoms with Crippen LogP contribution in [0.25, 0.3) is 32.2 Å². The van der Waals surface area contributed by atoms with Crippen molar-refractivity contribution in [3.63, 3.8) is 0 Å². The first-order valence-electron chi connectivity index (χ1n) is 11.3. The second kappa shape index (κ2) is 9.17. The van der Waals surface area contributed by atoms with E-state index >= 15 is 0 Å². The maximum atomic E-state index is 13.4. The molecule has 5 rings (SSSR count). The maximum Gasteiger partial charge on any atom is 0.303 e. The highest BCUT2D eigenvalue weighted by Gasteiger charge is 2.22. The number of aryl methyl sites for hydroxylation is 1. The summed E-state index contributed by atoms with van der Waals surface area (Å²) in [6, 6.07) is 7.08. The Bertz CT molecular complexity index is 1590. The number of thiazole rings is 1. The van der Waals surface area contributed by atoms with Gasteiger partial charge in [0.1, 0.15) is 18.5 Å². The van der Waals surface area contributed by atoms with Crippen LogP contribution in [0.15, 0.2) is 39.7 Å². The molecule has 0 saturated carbocycles. The molecule has 5 aromatic rings. The number of benzene rings is 1. The van der Waals surface area contributed by atoms with Gasteiger partial charge in [0.2, 0.25) is 0 Å². The number of ether oxygens (including phenoxy) is 1. The molecule has 1 unspecified atom stereocenters. The summed E-state index contributed by atoms with van der Waals surface area (Å²) in [6.07, 6.45) is 5.13. The van der Waals surface area contributed by atoms with Gasteiger partial charge >= 0.3 is 4.34 Å². The lowest BCUT2D eigenvalue weighted by molar-refractivity contribution is 0.0817. The van der Waals surface area contributed by atoms with Gasteiger partial charge in [-0.25, -0.2) is 9.36 Å². The predicted molar refractivity (Wildman–Crippen MR) is 143 cm³/mol. The molecule has 9 nitrogen and oxygen atoms in total. The molecule has 0 radical (unpaired) electrons. The summed E-state index contributed by atoms with van der Waals surface area (Å²) in [5.74, 6) is 0. The number of aromatic nitrogens is 6. The summed E-state index contributed by atoms with van der Waals surface area (Å²) >= 11 is 0.176. The van der Waals surface area contributed by atoms with E-state index in [9.17, 15) is 9.35 Å². The molecule has 35 heavy (non-hydrogen) atoms. The van der Waals surface area contributed by atoms with Crippen LogP contribution in [0.5, 0.6) is 0 Å². The van der Waals surface area contributed by atoms with Gasteiger partial charge in [0.15, 0.2) is 5.65 Å². The van der Waals surface area contributed by atoms with E-state index in [1.54, 1.807) is 17.0 Å². The first kappa shape index (κ1) is 24.2. The Morgan fingerprint density at radius 1 is 1.14 bits per heavy atom. The molecule has 1 atom stereocenters. The number of hydrogen-bond donors (Lipinski definition) is 0. The van der Waals surface area contributed by atoms with Crippen molar-refractivity contribution >= 4 is 62.7 Å². The Morgan fingerprint density at radius 2 is 1.89 bits per heavy atom. The van der Waals surface area contributed by atoms with Crippen LogP contribution in [0.4, 0.5) is 0 Å². The molecular formula is C23H28N6O3S2Si. The van der Waals surface area contributed by atoms with Crippen LogP contribution in [-0.4, -0.2) is 54.6 Å². The highest BCUT2D eigenvalue weighted by atomic mass is 32.2. The zero-order valence-corrected chi connectivity index (χ0v) is 23.1. The average molecular weight is 529 g/mol. The van der Waals surface area contributed by atoms with Crippen LogP contribution < -0.4 is 5.56 Å². The van der Waals surface area contributed by atoms with E-state index in [0.717, 1.165) is 39.2 Å². The zero-order chi connectivity index (χ0) is 24.9. The van der Waals surface area contributed by atoms with Crippen molar-refractivity contribution in [2.75, 3.05) is 12.9 Å². The summed E-state index contributed by atoms with van der Waals surface area (Å²) in [5.41, 5.74) is 2.94. The van der Waals surface area contributed by atoms with Crippen LogP contribution in [0.3, 0.4) is 0 Å². The molecule has 0 saturated heterocycles. The minimum Gasteiger partial charge on any atom is -0.610 e. The van der Waals surface area contributed by atoms with E-state index in [1.165, 1.54) is 16.0 Å². The van der Waals surface area contributed by atoms with Gasteiger partial charge in [-0.15, -0.1) is 0 Å². The summed E-state index contributed by atoms with van der Waals surface area (Å²) in [4.78, 5) is 17.9. The van der Waals surface area contributed by atoms with Gasteiger partial charge in [-0.1, -0.05) is 43.1 Å². The Balaban J connectivity index is 1.44. The van der Waals surface area contributed by atoms with Crippen molar-refractivity contribution in [2.24, 2.45) is 7.05 Å². The fourth-order valence-electron chi connectivity index (χ4n) is 4.10. The molecule has 12 heteroatoms. The molecule has 0 spiro atoms. The van der Waals surface area contributed by atoms with Crippen LogP contribution >= 0.6 is 11.3 Å². The normalized spacial score (nSPS) is 13.4. The van der Waals surface area contributed by atoms with Crippen molar-refractivity contribution in [3.05, 3.63) is 46.5 Å². The quantitative estimate of drug-likeness (QED) is 0.172. The molecule has 0 aliphatic heterocycles. The van der Waals surface area contributed by atoms with Gasteiger partial charge in [0.05, 0.1) is 29.2 Å². The highest BCUT2D eigenvalue weighted by molar-refractivity contribution is 7.92. The van der Waals surface area contributed by atoms with Crippen molar-refractivity contribution in [1.82, 2.24) is 29.1 Å². The highest BCUT2D eigenvalue weighted by Crippen LogP contribution is 2.32. The average Bonchev–Trinajstić information content (AvgIpc) is 3.48. The van der Waals surface area contributed by atoms with Crippen molar-refractivity contribution < 1.29 is 9.29 Å². The summed E-state index contributed by atoms with van der Waals surface area (Å²) < 4.78 is 24.2. The smallest absolute Gasteiger partial charge is 0.303 e. The van der Waals surface area contributed by atoms with Crippen LogP contribution in [0.1, 0.15) is 5.56 Å². The molecule has 0 aliphatic carbocycles. The lowest BCUT2D eigenvalue weighted by Gasteiger charge is -2.15. The lowest BCUT2D eigenvalue weighted by atomic mass is 10.1. The molecule has 1 aromatic carbocycles. The Labute approximate surface area is 210 Å². The summed E-state index contributed by atoms with van der Waals surface area (Å²) in [5, 5.41) is 10.7. The lowest BCUT2D eigenvalue weighted by Crippen LogP contribution is -2.24. The van der Waals surface area contributed by atoms with Gasteiger partial charge in [0, 0.05) is 43.7 Å². The van der Waals surface area contributed by atoms with Gasteiger partial charge < -0.3 is 13.9 Å². The third kappa shape index (κ3) is 4.56. The molecule has 0 fully saturated rings. The van der Waals surface area contributed by atoms with Gasteiger partial charge in [-0.2, -0.15) is 15.2 Å². The molecule has 0 amide bonds. The van der Waals surface area contributed by atoms with E-state index in [0.29, 0.717) is 28.8 Å². The zero-order valence-electron chi connectivity index (χ0n) is 20.4. The first-order chi connectivity index (χ1) is 16.6. The van der Waals surface area contributed by atoms with E-state index in [-0.39, 0.29) is 5.56 Å². The third-order valence-corrected chi connectivity index (χ3v) is 10.2. The predicted octanol–water partition coefficient (Wildman–Crippen LogP) is 3.79. The summed E-state index contributed by atoms with van der Waals surface area (Å²) in [7, 11) is 0.669. The van der Waals surface area contributed by atoms with E-state index in [4.69, 9.17) is 4.74 Å². The summed E-state index contributed by atoms with van der Waals surface area (Å²) in [6.45, 7) is 8.45. The van der Waals surface area contributed by atoms with E-state index < -0.39 is 19.2 Å². The fourth-order valence-corrected chi connectivity index (χ4v) is 6.63. The fraction of sp³-hybridized carbons (Fsp3) is 0.391. The standard InChI is InChI=1S/C23H28N6O3S2Si/c1-27-19-17(20-21(27)26-23(33-20)34(2)31)12-24-28(22(19)30)13-15-7-6-8-18-16(15)11-25-29(18)14-32-9-10-35(3,4)5/h6-8,11-12H,9-10,13-14H2,1-5H3. The second-order valence-electron chi connectivity index (χ2n) is 9.86. The Hall–Kier alpha value is -2.51. The molecule has 4 aromatic heterocycles. The van der Waals surface area contributed by atoms with Gasteiger partial charge in [-0.3, -0.25) is 4.79 Å². The molecule has 0 aliphatic rings. The minimum atomic E-state index is -1.17. The Morgan fingerprint density at radius 3 is 2.63 bits per heavy atom. The van der Waals surface area contributed by atoms with Gasteiger partial charge in [-0.05, 0) is 17.7 Å². The first-order valence-corrected chi connectivity index (χ1v) is 17.4.